The van der Waals surface area contributed by atoms with Crippen LogP contribution in [-0.2, 0) is 6.54 Å². The van der Waals surface area contributed by atoms with Gasteiger partial charge in [-0.2, -0.15) is 0 Å². The molecule has 0 unspecified atom stereocenters. The Hall–Kier alpha value is -1.88. The second kappa shape index (κ2) is 6.33. The molecule has 1 aromatic carbocycles. The molecule has 0 amide bonds. The number of aromatic nitrogens is 3. The van der Waals surface area contributed by atoms with Gasteiger partial charge in [0.25, 0.3) is 0 Å². The van der Waals surface area contributed by atoms with Crippen LogP contribution >= 0.6 is 11.8 Å². The van der Waals surface area contributed by atoms with Crippen molar-refractivity contribution in [1.29, 1.82) is 0 Å². The Morgan fingerprint density at radius 1 is 1.16 bits per heavy atom. The lowest BCUT2D eigenvalue weighted by Crippen LogP contribution is -2.00. The predicted octanol–water partition coefficient (Wildman–Crippen LogP) is 3.55. The summed E-state index contributed by atoms with van der Waals surface area (Å²) in [5.74, 6) is 1.21. The summed E-state index contributed by atoms with van der Waals surface area (Å²) >= 11 is 1.56. The summed E-state index contributed by atoms with van der Waals surface area (Å²) in [6.07, 6.45) is 3.60. The highest BCUT2D eigenvalue weighted by atomic mass is 32.2. The molecule has 0 N–H and O–H groups in total. The van der Waals surface area contributed by atoms with Crippen molar-refractivity contribution < 1.29 is 4.39 Å². The Morgan fingerprint density at radius 3 is 2.53 bits per heavy atom. The molecule has 19 heavy (non-hydrogen) atoms. The van der Waals surface area contributed by atoms with E-state index in [4.69, 9.17) is 0 Å². The third-order valence-electron chi connectivity index (χ3n) is 2.46. The number of nitrogens with zero attached hydrogens (tertiary/aromatic N) is 3. The summed E-state index contributed by atoms with van der Waals surface area (Å²) in [5, 5.41) is 9.14. The second-order valence-electron chi connectivity index (χ2n) is 3.81. The quantitative estimate of drug-likeness (QED) is 0.596. The fraction of sp³-hybridized carbons (Fsp3) is 0.143. The lowest BCUT2D eigenvalue weighted by molar-refractivity contribution is 0.628. The molecule has 1 heterocycles. The molecule has 0 saturated carbocycles. The molecular weight excluding hydrogens is 261 g/mol. The van der Waals surface area contributed by atoms with Gasteiger partial charge in [0.15, 0.2) is 11.0 Å². The van der Waals surface area contributed by atoms with Crippen molar-refractivity contribution in [3.8, 4) is 11.4 Å². The van der Waals surface area contributed by atoms with E-state index < -0.39 is 0 Å². The number of rotatable bonds is 6. The second-order valence-corrected chi connectivity index (χ2v) is 4.80. The van der Waals surface area contributed by atoms with Crippen molar-refractivity contribution in [3.63, 3.8) is 0 Å². The zero-order valence-corrected chi connectivity index (χ0v) is 11.2. The summed E-state index contributed by atoms with van der Waals surface area (Å²) in [5.41, 5.74) is 0.834. The van der Waals surface area contributed by atoms with Crippen LogP contribution in [0.2, 0.25) is 0 Å². The van der Waals surface area contributed by atoms with E-state index in [9.17, 15) is 4.39 Å². The predicted molar refractivity (Wildman–Crippen MR) is 76.5 cm³/mol. The molecule has 0 spiro atoms. The van der Waals surface area contributed by atoms with Crippen LogP contribution in [0.1, 0.15) is 0 Å². The average molecular weight is 275 g/mol. The minimum absolute atomic E-state index is 0.264. The van der Waals surface area contributed by atoms with E-state index in [2.05, 4.69) is 23.4 Å². The van der Waals surface area contributed by atoms with Gasteiger partial charge in [0, 0.05) is 17.9 Å². The number of thioether (sulfide) groups is 1. The number of halogens is 1. The Bertz CT molecular complexity index is 575. The molecule has 0 aliphatic rings. The van der Waals surface area contributed by atoms with Crippen molar-refractivity contribution in [2.45, 2.75) is 11.7 Å². The molecule has 2 rings (SSSR count). The van der Waals surface area contributed by atoms with Gasteiger partial charge in [-0.25, -0.2) is 4.39 Å². The Labute approximate surface area is 115 Å². The Kier molecular flexibility index (Phi) is 4.52. The minimum atomic E-state index is -0.264. The molecular formula is C14H14FN3S. The van der Waals surface area contributed by atoms with E-state index in [0.717, 1.165) is 16.5 Å². The molecule has 0 bridgehead atoms. The van der Waals surface area contributed by atoms with Gasteiger partial charge in [-0.15, -0.1) is 23.4 Å². The van der Waals surface area contributed by atoms with Crippen LogP contribution in [0.4, 0.5) is 4.39 Å². The van der Waals surface area contributed by atoms with Crippen molar-refractivity contribution >= 4 is 11.8 Å². The number of allylic oxidation sites excluding steroid dienone is 1. The molecule has 0 aliphatic heterocycles. The summed E-state index contributed by atoms with van der Waals surface area (Å²) in [4.78, 5) is 0. The van der Waals surface area contributed by atoms with Gasteiger partial charge in [-0.05, 0) is 24.3 Å². The first-order valence-electron chi connectivity index (χ1n) is 5.80. The first-order chi connectivity index (χ1) is 9.26. The van der Waals surface area contributed by atoms with Gasteiger partial charge in [0.2, 0.25) is 0 Å². The van der Waals surface area contributed by atoms with Gasteiger partial charge < -0.3 is 0 Å². The van der Waals surface area contributed by atoms with E-state index >= 15 is 0 Å². The van der Waals surface area contributed by atoms with Crippen LogP contribution in [0.3, 0.4) is 0 Å². The third-order valence-corrected chi connectivity index (χ3v) is 3.42. The molecule has 1 aromatic heterocycles. The van der Waals surface area contributed by atoms with Crippen LogP contribution in [-0.4, -0.2) is 20.5 Å². The third kappa shape index (κ3) is 3.12. The molecule has 3 nitrogen and oxygen atoms in total. The highest BCUT2D eigenvalue weighted by molar-refractivity contribution is 7.99. The highest BCUT2D eigenvalue weighted by Gasteiger charge is 2.12. The normalized spacial score (nSPS) is 10.4. The molecule has 5 heteroatoms. The van der Waals surface area contributed by atoms with Crippen LogP contribution in [0.15, 0.2) is 54.7 Å². The molecule has 98 valence electrons. The van der Waals surface area contributed by atoms with Crippen LogP contribution < -0.4 is 0 Å². The molecule has 0 fully saturated rings. The van der Waals surface area contributed by atoms with E-state index in [1.165, 1.54) is 12.1 Å². The molecule has 0 radical (unpaired) electrons. The summed E-state index contributed by atoms with van der Waals surface area (Å²) in [6, 6.07) is 6.22. The van der Waals surface area contributed by atoms with Crippen molar-refractivity contribution in [1.82, 2.24) is 14.8 Å². The van der Waals surface area contributed by atoms with Gasteiger partial charge >= 0.3 is 0 Å². The van der Waals surface area contributed by atoms with Gasteiger partial charge in [-0.3, -0.25) is 4.57 Å². The topological polar surface area (TPSA) is 30.7 Å². The maximum atomic E-state index is 12.9. The van der Waals surface area contributed by atoms with Gasteiger partial charge in [0.05, 0.1) is 0 Å². The summed E-state index contributed by atoms with van der Waals surface area (Å²) in [7, 11) is 0. The number of hydrogen-bond acceptors (Lipinski definition) is 3. The van der Waals surface area contributed by atoms with Crippen molar-refractivity contribution in [2.24, 2.45) is 0 Å². The van der Waals surface area contributed by atoms with E-state index in [0.29, 0.717) is 12.4 Å². The van der Waals surface area contributed by atoms with E-state index in [-0.39, 0.29) is 5.82 Å². The number of benzene rings is 1. The molecule has 2 aromatic rings. The zero-order valence-electron chi connectivity index (χ0n) is 10.4. The Balaban J connectivity index is 2.38. The molecule has 0 saturated heterocycles. The zero-order chi connectivity index (χ0) is 13.7. The molecule has 0 aliphatic carbocycles. The Morgan fingerprint density at radius 2 is 1.89 bits per heavy atom. The lowest BCUT2D eigenvalue weighted by atomic mass is 10.2. The van der Waals surface area contributed by atoms with Crippen LogP contribution in [0, 0.1) is 5.82 Å². The maximum absolute atomic E-state index is 12.9. The smallest absolute Gasteiger partial charge is 0.192 e. The summed E-state index contributed by atoms with van der Waals surface area (Å²) < 4.78 is 14.9. The average Bonchev–Trinajstić information content (AvgIpc) is 2.81. The largest absolute Gasteiger partial charge is 0.298 e. The monoisotopic (exact) mass is 275 g/mol. The fourth-order valence-electron chi connectivity index (χ4n) is 1.64. The van der Waals surface area contributed by atoms with Crippen LogP contribution in [0.5, 0.6) is 0 Å². The minimum Gasteiger partial charge on any atom is -0.298 e. The van der Waals surface area contributed by atoms with E-state index in [1.807, 2.05) is 10.6 Å². The SMILES string of the molecule is C=CCSc1nnc(-c2ccc(F)cc2)n1CC=C. The number of hydrogen-bond donors (Lipinski definition) is 0. The standard InChI is InChI=1S/C14H14FN3S/c1-3-9-18-13(11-5-7-12(15)8-6-11)16-17-14(18)19-10-4-2/h3-8H,1-2,9-10H2. The first kappa shape index (κ1) is 13.5. The van der Waals surface area contributed by atoms with Crippen molar-refractivity contribution in [3.05, 3.63) is 55.4 Å². The van der Waals surface area contributed by atoms with Gasteiger partial charge in [0.1, 0.15) is 5.82 Å². The molecule has 0 atom stereocenters. The summed E-state index contributed by atoms with van der Waals surface area (Å²) in [6.45, 7) is 8.04. The first-order valence-corrected chi connectivity index (χ1v) is 6.78. The fourth-order valence-corrected chi connectivity index (χ4v) is 2.32. The van der Waals surface area contributed by atoms with E-state index in [1.54, 1.807) is 30.0 Å². The van der Waals surface area contributed by atoms with Gasteiger partial charge in [-0.1, -0.05) is 23.9 Å². The highest BCUT2D eigenvalue weighted by Crippen LogP contribution is 2.24. The van der Waals surface area contributed by atoms with Crippen molar-refractivity contribution in [2.75, 3.05) is 5.75 Å². The lowest BCUT2D eigenvalue weighted by Gasteiger charge is -2.06. The van der Waals surface area contributed by atoms with Crippen LogP contribution in [0.25, 0.3) is 11.4 Å². The maximum Gasteiger partial charge on any atom is 0.192 e.